The number of esters is 1. The molecule has 1 atom stereocenters. The van der Waals surface area contributed by atoms with Crippen LogP contribution in [0.1, 0.15) is 110 Å². The molecular formula is C30H42O2. The van der Waals surface area contributed by atoms with E-state index in [1.807, 2.05) is 6.07 Å². The Morgan fingerprint density at radius 3 is 1.78 bits per heavy atom. The van der Waals surface area contributed by atoms with Crippen LogP contribution in [0.3, 0.4) is 0 Å². The predicted molar refractivity (Wildman–Crippen MR) is 135 cm³/mol. The van der Waals surface area contributed by atoms with Gasteiger partial charge in [-0.15, -0.1) is 0 Å². The quantitative estimate of drug-likeness (QED) is 0.350. The Balaban J connectivity index is 2.01. The van der Waals surface area contributed by atoms with Crippen molar-refractivity contribution < 1.29 is 9.53 Å². The average molecular weight is 435 g/mol. The molecule has 0 saturated carbocycles. The minimum atomic E-state index is -0.360. The lowest BCUT2D eigenvalue weighted by atomic mass is 9.71. The highest BCUT2D eigenvalue weighted by atomic mass is 16.5. The Morgan fingerprint density at radius 1 is 0.719 bits per heavy atom. The van der Waals surface area contributed by atoms with E-state index in [1.165, 1.54) is 11.1 Å². The minimum absolute atomic E-state index is 0.0139. The lowest BCUT2D eigenvalue weighted by molar-refractivity contribution is -0.133. The van der Waals surface area contributed by atoms with Crippen molar-refractivity contribution in [1.82, 2.24) is 0 Å². The molecule has 2 heteroatoms. The topological polar surface area (TPSA) is 26.3 Å². The summed E-state index contributed by atoms with van der Waals surface area (Å²) in [7, 11) is 0. The van der Waals surface area contributed by atoms with E-state index in [0.29, 0.717) is 5.75 Å². The van der Waals surface area contributed by atoms with Gasteiger partial charge in [0.05, 0.1) is 0 Å². The number of rotatable bonds is 5. The number of carbonyl (C=O) groups is 1. The third-order valence-corrected chi connectivity index (χ3v) is 6.49. The minimum Gasteiger partial charge on any atom is -0.425 e. The first-order valence-electron chi connectivity index (χ1n) is 12.0. The van der Waals surface area contributed by atoms with E-state index in [9.17, 15) is 4.79 Å². The third kappa shape index (κ3) is 5.45. The van der Waals surface area contributed by atoms with Crippen LogP contribution in [0.15, 0.2) is 42.5 Å². The molecule has 1 aliphatic heterocycles. The molecule has 1 aliphatic rings. The van der Waals surface area contributed by atoms with Gasteiger partial charge in [-0.1, -0.05) is 106 Å². The fraction of sp³-hybridized carbons (Fsp3) is 0.567. The van der Waals surface area contributed by atoms with Crippen LogP contribution in [0.2, 0.25) is 0 Å². The third-order valence-electron chi connectivity index (χ3n) is 6.49. The molecule has 1 unspecified atom stereocenters. The van der Waals surface area contributed by atoms with Crippen LogP contribution in [-0.2, 0) is 15.6 Å². The molecule has 0 bridgehead atoms. The predicted octanol–water partition coefficient (Wildman–Crippen LogP) is 8.17. The van der Waals surface area contributed by atoms with Crippen LogP contribution in [0.4, 0.5) is 0 Å². The first-order valence-corrected chi connectivity index (χ1v) is 12.0. The number of ether oxygens (including phenoxy) is 1. The van der Waals surface area contributed by atoms with Crippen LogP contribution in [0.5, 0.6) is 5.75 Å². The standard InChI is InChI=1S/C30H42O2/c1-27(2,3)18-29(7,8)21-13-11-12-20(16-21)25-23-17-22(14-15-24(23)32-26(25)31)30(9,10)19-28(4,5)6/h11-17,25H,18-19H2,1-10H3. The van der Waals surface area contributed by atoms with Crippen molar-refractivity contribution in [2.45, 2.75) is 98.8 Å². The zero-order valence-corrected chi connectivity index (χ0v) is 21.8. The van der Waals surface area contributed by atoms with Crippen molar-refractivity contribution in [3.05, 3.63) is 64.7 Å². The van der Waals surface area contributed by atoms with Crippen molar-refractivity contribution >= 4 is 5.97 Å². The van der Waals surface area contributed by atoms with Gasteiger partial charge in [-0.2, -0.15) is 0 Å². The maximum atomic E-state index is 13.0. The number of fused-ring (bicyclic) bond motifs is 1. The Labute approximate surface area is 195 Å². The molecule has 0 aromatic heterocycles. The summed E-state index contributed by atoms with van der Waals surface area (Å²) < 4.78 is 5.71. The maximum Gasteiger partial charge on any atom is 0.323 e. The van der Waals surface area contributed by atoms with E-state index >= 15 is 0 Å². The fourth-order valence-corrected chi connectivity index (χ4v) is 5.89. The summed E-state index contributed by atoms with van der Waals surface area (Å²) in [4.78, 5) is 13.0. The van der Waals surface area contributed by atoms with Crippen molar-refractivity contribution in [2.75, 3.05) is 0 Å². The zero-order chi connectivity index (χ0) is 24.1. The van der Waals surface area contributed by atoms with Crippen LogP contribution >= 0.6 is 0 Å². The lowest BCUT2D eigenvalue weighted by Crippen LogP contribution is -2.25. The SMILES string of the molecule is CC(C)(C)CC(C)(C)c1cccc(C2C(=O)Oc3ccc(C(C)(C)CC(C)(C)C)cc32)c1. The molecule has 174 valence electrons. The van der Waals surface area contributed by atoms with Gasteiger partial charge in [0.1, 0.15) is 11.7 Å². The van der Waals surface area contributed by atoms with E-state index in [4.69, 9.17) is 4.74 Å². The number of hydrogen-bond donors (Lipinski definition) is 0. The summed E-state index contributed by atoms with van der Waals surface area (Å²) >= 11 is 0. The van der Waals surface area contributed by atoms with Gasteiger partial charge >= 0.3 is 5.97 Å². The monoisotopic (exact) mass is 434 g/mol. The average Bonchev–Trinajstić information content (AvgIpc) is 2.92. The Kier molecular flexibility index (Phi) is 6.17. The second kappa shape index (κ2) is 8.04. The first-order chi connectivity index (χ1) is 14.5. The van der Waals surface area contributed by atoms with Crippen molar-refractivity contribution in [2.24, 2.45) is 10.8 Å². The summed E-state index contributed by atoms with van der Waals surface area (Å²) in [6.45, 7) is 22.9. The second-order valence-electron chi connectivity index (χ2n) is 13.5. The molecule has 32 heavy (non-hydrogen) atoms. The van der Waals surface area contributed by atoms with Gasteiger partial charge in [0.15, 0.2) is 0 Å². The summed E-state index contributed by atoms with van der Waals surface area (Å²) in [5, 5.41) is 0. The van der Waals surface area contributed by atoms with Gasteiger partial charge in [0.25, 0.3) is 0 Å². The van der Waals surface area contributed by atoms with Gasteiger partial charge in [-0.3, -0.25) is 4.79 Å². The molecule has 0 radical (unpaired) electrons. The van der Waals surface area contributed by atoms with Crippen molar-refractivity contribution in [3.8, 4) is 5.75 Å². The smallest absolute Gasteiger partial charge is 0.323 e. The molecule has 2 aromatic carbocycles. The molecule has 0 spiro atoms. The van der Waals surface area contributed by atoms with Gasteiger partial charge in [0.2, 0.25) is 0 Å². The number of hydrogen-bond acceptors (Lipinski definition) is 2. The van der Waals surface area contributed by atoms with Gasteiger partial charge in [-0.05, 0) is 57.3 Å². The van der Waals surface area contributed by atoms with E-state index in [1.54, 1.807) is 0 Å². The van der Waals surface area contributed by atoms with Crippen LogP contribution in [0, 0.1) is 10.8 Å². The van der Waals surface area contributed by atoms with E-state index in [2.05, 4.69) is 106 Å². The summed E-state index contributed by atoms with van der Waals surface area (Å²) in [5.41, 5.74) is 5.05. The second-order valence-corrected chi connectivity index (χ2v) is 13.5. The molecule has 2 aromatic rings. The molecule has 0 N–H and O–H groups in total. The van der Waals surface area contributed by atoms with E-state index < -0.39 is 0 Å². The van der Waals surface area contributed by atoms with Crippen LogP contribution < -0.4 is 4.74 Å². The number of carbonyl (C=O) groups excluding carboxylic acids is 1. The molecule has 0 amide bonds. The molecule has 0 fully saturated rings. The molecule has 3 rings (SSSR count). The maximum absolute atomic E-state index is 13.0. The Morgan fingerprint density at radius 2 is 1.25 bits per heavy atom. The Bertz CT molecular complexity index is 996. The number of benzene rings is 2. The highest BCUT2D eigenvalue weighted by molar-refractivity contribution is 5.89. The summed E-state index contributed by atoms with van der Waals surface area (Å²) in [5.74, 6) is 0.173. The zero-order valence-electron chi connectivity index (χ0n) is 21.8. The lowest BCUT2D eigenvalue weighted by Gasteiger charge is -2.33. The summed E-state index contributed by atoms with van der Waals surface area (Å²) in [6, 6.07) is 14.9. The van der Waals surface area contributed by atoms with Gasteiger partial charge in [-0.25, -0.2) is 0 Å². The highest BCUT2D eigenvalue weighted by Gasteiger charge is 2.37. The summed E-state index contributed by atoms with van der Waals surface area (Å²) in [6.07, 6.45) is 2.13. The molecule has 0 aliphatic carbocycles. The van der Waals surface area contributed by atoms with Gasteiger partial charge in [0, 0.05) is 5.56 Å². The van der Waals surface area contributed by atoms with Gasteiger partial charge < -0.3 is 4.74 Å². The first kappa shape index (κ1) is 24.6. The van der Waals surface area contributed by atoms with E-state index in [-0.39, 0.29) is 33.5 Å². The fourth-order valence-electron chi connectivity index (χ4n) is 5.89. The van der Waals surface area contributed by atoms with Crippen LogP contribution in [-0.4, -0.2) is 5.97 Å². The van der Waals surface area contributed by atoms with Crippen LogP contribution in [0.25, 0.3) is 0 Å². The Hall–Kier alpha value is -2.09. The molecule has 1 heterocycles. The molecule has 0 saturated heterocycles. The van der Waals surface area contributed by atoms with E-state index in [0.717, 1.165) is 24.0 Å². The van der Waals surface area contributed by atoms with Crippen molar-refractivity contribution in [1.29, 1.82) is 0 Å². The van der Waals surface area contributed by atoms with Crippen molar-refractivity contribution in [3.63, 3.8) is 0 Å². The molecular weight excluding hydrogens is 392 g/mol. The molecule has 2 nitrogen and oxygen atoms in total. The highest BCUT2D eigenvalue weighted by Crippen LogP contribution is 2.45. The largest absolute Gasteiger partial charge is 0.425 e. The normalized spacial score (nSPS) is 17.3.